The summed E-state index contributed by atoms with van der Waals surface area (Å²) in [7, 11) is 0. The summed E-state index contributed by atoms with van der Waals surface area (Å²) >= 11 is 0. The van der Waals surface area contributed by atoms with Crippen LogP contribution in [0.5, 0.6) is 0 Å². The molecule has 0 spiro atoms. The van der Waals surface area contributed by atoms with Crippen LogP contribution in [0.1, 0.15) is 25.5 Å². The van der Waals surface area contributed by atoms with Gasteiger partial charge in [-0.05, 0) is 25.0 Å². The molecule has 2 N–H and O–H groups in total. The average molecular weight is 233 g/mol. The Hall–Kier alpha value is -1.32. The zero-order chi connectivity index (χ0) is 12.1. The van der Waals surface area contributed by atoms with Gasteiger partial charge in [-0.2, -0.15) is 0 Å². The molecule has 0 saturated carbocycles. The zero-order valence-corrected chi connectivity index (χ0v) is 10.1. The van der Waals surface area contributed by atoms with Crippen LogP contribution >= 0.6 is 0 Å². The Kier molecular flexibility index (Phi) is 4.18. The lowest BCUT2D eigenvalue weighted by Gasteiger charge is -2.14. The molecule has 1 aromatic carbocycles. The van der Waals surface area contributed by atoms with Gasteiger partial charge in [-0.3, -0.25) is 0 Å². The van der Waals surface area contributed by atoms with Crippen molar-refractivity contribution in [3.05, 3.63) is 36.1 Å². The van der Waals surface area contributed by atoms with Crippen molar-refractivity contribution in [1.29, 1.82) is 0 Å². The predicted molar refractivity (Wildman–Crippen MR) is 68.8 cm³/mol. The van der Waals surface area contributed by atoms with E-state index in [0.29, 0.717) is 12.6 Å². The van der Waals surface area contributed by atoms with E-state index in [1.807, 2.05) is 24.3 Å². The van der Waals surface area contributed by atoms with Crippen LogP contribution in [-0.2, 0) is 6.54 Å². The van der Waals surface area contributed by atoms with E-state index in [2.05, 4.69) is 18.3 Å². The maximum atomic E-state index is 8.92. The van der Waals surface area contributed by atoms with Crippen LogP contribution < -0.4 is 5.32 Å². The largest absolute Gasteiger partial charge is 0.460 e. The first-order valence-corrected chi connectivity index (χ1v) is 6.15. The summed E-state index contributed by atoms with van der Waals surface area (Å²) < 4.78 is 5.72. The van der Waals surface area contributed by atoms with Gasteiger partial charge in [0.2, 0.25) is 0 Å². The number of nitrogens with one attached hydrogen (secondary N) is 1. The van der Waals surface area contributed by atoms with Crippen LogP contribution in [0.25, 0.3) is 11.0 Å². The van der Waals surface area contributed by atoms with Gasteiger partial charge in [-0.25, -0.2) is 0 Å². The van der Waals surface area contributed by atoms with Crippen LogP contribution in [0.4, 0.5) is 0 Å². The van der Waals surface area contributed by atoms with Gasteiger partial charge in [0.25, 0.3) is 0 Å². The average Bonchev–Trinajstić information content (AvgIpc) is 2.77. The first-order chi connectivity index (χ1) is 8.33. The van der Waals surface area contributed by atoms with E-state index in [1.165, 1.54) is 0 Å². The SMILES string of the molecule is CCC(CCO)NCc1cc2ccccc2o1. The molecule has 1 atom stereocenters. The van der Waals surface area contributed by atoms with Gasteiger partial charge >= 0.3 is 0 Å². The number of rotatable bonds is 6. The van der Waals surface area contributed by atoms with E-state index < -0.39 is 0 Å². The van der Waals surface area contributed by atoms with Gasteiger partial charge in [-0.15, -0.1) is 0 Å². The quantitative estimate of drug-likeness (QED) is 0.806. The number of para-hydroxylation sites is 1. The molecule has 0 saturated heterocycles. The number of hydrogen-bond donors (Lipinski definition) is 2. The van der Waals surface area contributed by atoms with Crippen molar-refractivity contribution in [2.75, 3.05) is 6.61 Å². The Morgan fingerprint density at radius 2 is 2.18 bits per heavy atom. The second-order valence-corrected chi connectivity index (χ2v) is 4.25. The smallest absolute Gasteiger partial charge is 0.134 e. The number of furan rings is 1. The van der Waals surface area contributed by atoms with Crippen molar-refractivity contribution in [3.63, 3.8) is 0 Å². The van der Waals surface area contributed by atoms with Crippen molar-refractivity contribution < 1.29 is 9.52 Å². The number of hydrogen-bond acceptors (Lipinski definition) is 3. The number of benzene rings is 1. The standard InChI is InChI=1S/C14H19NO2/c1-2-12(7-8-16)15-10-13-9-11-5-3-4-6-14(11)17-13/h3-6,9,12,15-16H,2,7-8,10H2,1H3. The lowest BCUT2D eigenvalue weighted by Crippen LogP contribution is -2.28. The minimum absolute atomic E-state index is 0.228. The molecule has 0 amide bonds. The van der Waals surface area contributed by atoms with Crippen LogP contribution in [0.3, 0.4) is 0 Å². The van der Waals surface area contributed by atoms with Crippen LogP contribution in [0.2, 0.25) is 0 Å². The molecule has 0 aliphatic heterocycles. The first kappa shape index (κ1) is 12.1. The molecule has 17 heavy (non-hydrogen) atoms. The van der Waals surface area contributed by atoms with Gasteiger partial charge in [0.1, 0.15) is 11.3 Å². The molecule has 0 radical (unpaired) electrons. The van der Waals surface area contributed by atoms with Gasteiger partial charge in [-0.1, -0.05) is 25.1 Å². The van der Waals surface area contributed by atoms with Gasteiger partial charge in [0.15, 0.2) is 0 Å². The lowest BCUT2D eigenvalue weighted by atomic mass is 10.1. The lowest BCUT2D eigenvalue weighted by molar-refractivity contribution is 0.260. The van der Waals surface area contributed by atoms with E-state index in [4.69, 9.17) is 9.52 Å². The molecule has 0 bridgehead atoms. The molecule has 2 aromatic rings. The Morgan fingerprint density at radius 1 is 1.35 bits per heavy atom. The molecular formula is C14H19NO2. The van der Waals surface area contributed by atoms with Gasteiger partial charge in [0.05, 0.1) is 6.54 Å². The minimum Gasteiger partial charge on any atom is -0.460 e. The third kappa shape index (κ3) is 3.08. The second kappa shape index (κ2) is 5.84. The number of aliphatic hydroxyl groups excluding tert-OH is 1. The van der Waals surface area contributed by atoms with E-state index in [1.54, 1.807) is 0 Å². The molecule has 3 nitrogen and oxygen atoms in total. The third-order valence-electron chi connectivity index (χ3n) is 3.01. The fraction of sp³-hybridized carbons (Fsp3) is 0.429. The summed E-state index contributed by atoms with van der Waals surface area (Å²) in [5, 5.41) is 13.4. The molecule has 1 aromatic heterocycles. The highest BCUT2D eigenvalue weighted by Crippen LogP contribution is 2.18. The second-order valence-electron chi connectivity index (χ2n) is 4.25. The maximum absolute atomic E-state index is 8.92. The van der Waals surface area contributed by atoms with Crippen molar-refractivity contribution in [3.8, 4) is 0 Å². The van der Waals surface area contributed by atoms with E-state index >= 15 is 0 Å². The molecular weight excluding hydrogens is 214 g/mol. The fourth-order valence-corrected chi connectivity index (χ4v) is 1.98. The highest BCUT2D eigenvalue weighted by atomic mass is 16.3. The highest BCUT2D eigenvalue weighted by Gasteiger charge is 2.07. The van der Waals surface area contributed by atoms with E-state index in [0.717, 1.165) is 29.6 Å². The van der Waals surface area contributed by atoms with Crippen LogP contribution in [0.15, 0.2) is 34.7 Å². The maximum Gasteiger partial charge on any atom is 0.134 e. The molecule has 3 heteroatoms. The molecule has 0 aliphatic rings. The van der Waals surface area contributed by atoms with Crippen molar-refractivity contribution in [2.45, 2.75) is 32.4 Å². The van der Waals surface area contributed by atoms with Gasteiger partial charge < -0.3 is 14.8 Å². The Balaban J connectivity index is 1.98. The normalized spacial score (nSPS) is 13.1. The Morgan fingerprint density at radius 3 is 2.88 bits per heavy atom. The van der Waals surface area contributed by atoms with Crippen LogP contribution in [0, 0.1) is 0 Å². The van der Waals surface area contributed by atoms with Crippen LogP contribution in [-0.4, -0.2) is 17.8 Å². The van der Waals surface area contributed by atoms with E-state index in [9.17, 15) is 0 Å². The molecule has 1 heterocycles. The summed E-state index contributed by atoms with van der Waals surface area (Å²) in [4.78, 5) is 0. The Bertz CT molecular complexity index is 431. The van der Waals surface area contributed by atoms with Crippen molar-refractivity contribution in [1.82, 2.24) is 5.32 Å². The monoisotopic (exact) mass is 233 g/mol. The third-order valence-corrected chi connectivity index (χ3v) is 3.01. The Labute approximate surface area is 101 Å². The van der Waals surface area contributed by atoms with Crippen molar-refractivity contribution >= 4 is 11.0 Å². The first-order valence-electron chi connectivity index (χ1n) is 6.15. The minimum atomic E-state index is 0.228. The summed E-state index contributed by atoms with van der Waals surface area (Å²) in [5.41, 5.74) is 0.930. The summed E-state index contributed by atoms with van der Waals surface area (Å²) in [6, 6.07) is 10.4. The number of fused-ring (bicyclic) bond motifs is 1. The molecule has 1 unspecified atom stereocenters. The summed E-state index contributed by atoms with van der Waals surface area (Å²) in [5.74, 6) is 0.947. The van der Waals surface area contributed by atoms with Gasteiger partial charge in [0, 0.05) is 18.0 Å². The molecule has 2 rings (SSSR count). The van der Waals surface area contributed by atoms with E-state index in [-0.39, 0.29) is 6.61 Å². The molecule has 0 fully saturated rings. The van der Waals surface area contributed by atoms with Crippen molar-refractivity contribution in [2.24, 2.45) is 0 Å². The molecule has 92 valence electrons. The summed E-state index contributed by atoms with van der Waals surface area (Å²) in [6.45, 7) is 3.06. The molecule has 0 aliphatic carbocycles. The zero-order valence-electron chi connectivity index (χ0n) is 10.1. The highest BCUT2D eigenvalue weighted by molar-refractivity contribution is 5.77. The predicted octanol–water partition coefficient (Wildman–Crippen LogP) is 2.68. The topological polar surface area (TPSA) is 45.4 Å². The fourth-order valence-electron chi connectivity index (χ4n) is 1.98. The number of aliphatic hydroxyl groups is 1. The summed E-state index contributed by atoms with van der Waals surface area (Å²) in [6.07, 6.45) is 1.80.